The molecule has 17 nitrogen and oxygen atoms in total. The number of phosphoric ester groups is 1. The quantitative estimate of drug-likeness (QED) is 0.163. The Balaban J connectivity index is 1.95. The molecule has 8 N–H and O–H groups in total. The zero-order chi connectivity index (χ0) is 23.4. The summed E-state index contributed by atoms with van der Waals surface area (Å²) in [4.78, 5) is 49.1. The van der Waals surface area contributed by atoms with E-state index < -0.39 is 51.5 Å². The number of aromatic amines is 1. The third kappa shape index (κ3) is 4.72. The topological polar surface area (TPSA) is 262 Å². The largest absolute Gasteiger partial charge is 0.483 e. The maximum atomic E-state index is 12.0. The van der Waals surface area contributed by atoms with Crippen molar-refractivity contribution in [3.05, 3.63) is 16.7 Å². The summed E-state index contributed by atoms with van der Waals surface area (Å²) in [6.45, 7) is 0.995. The van der Waals surface area contributed by atoms with Crippen LogP contribution in [0, 0.1) is 0 Å². The van der Waals surface area contributed by atoms with Crippen molar-refractivity contribution in [3.63, 3.8) is 0 Å². The second kappa shape index (κ2) is 7.99. The van der Waals surface area contributed by atoms with Gasteiger partial charge in [-0.25, -0.2) is 14.1 Å². The lowest BCUT2D eigenvalue weighted by atomic mass is 10.0. The van der Waals surface area contributed by atoms with E-state index in [0.717, 1.165) is 24.9 Å². The molecule has 2 aromatic heterocycles. The number of H-pyrrole nitrogens is 1. The van der Waals surface area contributed by atoms with E-state index in [1.807, 2.05) is 0 Å². The number of fused-ring (bicyclic) bond motifs is 1. The normalized spacial score (nSPS) is 28.5. The van der Waals surface area contributed by atoms with E-state index in [0.29, 0.717) is 0 Å². The minimum absolute atomic E-state index is 0.101. The summed E-state index contributed by atoms with van der Waals surface area (Å²) in [7, 11) is -9.91. The van der Waals surface area contributed by atoms with Gasteiger partial charge < -0.3 is 40.1 Å². The Hall–Kier alpha value is -1.75. The van der Waals surface area contributed by atoms with Crippen molar-refractivity contribution in [2.75, 3.05) is 12.8 Å². The van der Waals surface area contributed by atoms with Crippen molar-refractivity contribution < 1.29 is 52.3 Å². The molecule has 3 rings (SSSR count). The number of anilines is 1. The fourth-order valence-electron chi connectivity index (χ4n) is 3.04. The number of nitrogens with one attached hydrogen (secondary N) is 1. The monoisotopic (exact) mass is 487 g/mol. The van der Waals surface area contributed by atoms with Crippen molar-refractivity contribution in [1.29, 1.82) is 0 Å². The molecule has 19 heteroatoms. The molecule has 0 aromatic carbocycles. The number of ether oxygens (including phenoxy) is 2. The molecule has 1 saturated heterocycles. The van der Waals surface area contributed by atoms with Crippen LogP contribution >= 0.6 is 15.6 Å². The molecule has 174 valence electrons. The van der Waals surface area contributed by atoms with Crippen molar-refractivity contribution in [3.8, 4) is 0 Å². The van der Waals surface area contributed by atoms with Gasteiger partial charge in [-0.05, 0) is 6.92 Å². The van der Waals surface area contributed by atoms with E-state index in [1.54, 1.807) is 0 Å². The van der Waals surface area contributed by atoms with Crippen molar-refractivity contribution >= 4 is 32.8 Å². The van der Waals surface area contributed by atoms with Crippen LogP contribution in [-0.4, -0.2) is 75.6 Å². The van der Waals surface area contributed by atoms with Crippen LogP contribution in [0.15, 0.2) is 11.1 Å². The standard InChI is InChI=1S/C12H19N5O12P2/c1-12(26-2,28-31(24,25)29-30(21,22)23)7-5(18)6(19)10(27-7)17-3-14-4-8(17)15-11(13)16-9(4)20/h3,5-7,10,18-19H,1-2H3,(H,24,25)(H2,21,22,23)(H3,13,15,16,20)/t5-,6+,7-,10+,12?/m0/s1. The molecule has 1 fully saturated rings. The molecule has 6 atom stereocenters. The first-order valence-corrected chi connectivity index (χ1v) is 11.3. The second-order valence-corrected chi connectivity index (χ2v) is 9.31. The number of nitrogens with two attached hydrogens (primary N) is 1. The average Bonchev–Trinajstić information content (AvgIpc) is 3.14. The van der Waals surface area contributed by atoms with Crippen LogP contribution < -0.4 is 11.3 Å². The van der Waals surface area contributed by atoms with Crippen LogP contribution in [-0.2, 0) is 27.4 Å². The van der Waals surface area contributed by atoms with Crippen molar-refractivity contribution in [1.82, 2.24) is 19.5 Å². The van der Waals surface area contributed by atoms with Crippen LogP contribution in [0.1, 0.15) is 13.2 Å². The number of rotatable bonds is 7. The van der Waals surface area contributed by atoms with Crippen LogP contribution in [0.4, 0.5) is 5.95 Å². The first-order valence-electron chi connectivity index (χ1n) is 8.27. The van der Waals surface area contributed by atoms with Crippen molar-refractivity contribution in [2.24, 2.45) is 0 Å². The highest BCUT2D eigenvalue weighted by atomic mass is 31.3. The summed E-state index contributed by atoms with van der Waals surface area (Å²) >= 11 is 0. The zero-order valence-electron chi connectivity index (χ0n) is 15.8. The second-order valence-electron chi connectivity index (χ2n) is 6.56. The third-order valence-electron chi connectivity index (χ3n) is 4.39. The maximum Gasteiger partial charge on any atom is 0.483 e. The number of aliphatic hydroxyl groups is 2. The number of hydrogen-bond acceptors (Lipinski definition) is 12. The lowest BCUT2D eigenvalue weighted by molar-refractivity contribution is -0.245. The predicted octanol–water partition coefficient (Wildman–Crippen LogP) is -2.09. The number of nitrogen functional groups attached to an aromatic ring is 1. The number of aromatic nitrogens is 4. The van der Waals surface area contributed by atoms with Crippen LogP contribution in [0.25, 0.3) is 11.2 Å². The van der Waals surface area contributed by atoms with Gasteiger partial charge in [-0.3, -0.25) is 18.9 Å². The summed E-state index contributed by atoms with van der Waals surface area (Å²) in [5, 5.41) is 20.9. The molecule has 0 aliphatic carbocycles. The number of phosphoric acid groups is 2. The van der Waals surface area contributed by atoms with Gasteiger partial charge in [0.2, 0.25) is 11.7 Å². The molecular formula is C12H19N5O12P2. The van der Waals surface area contributed by atoms with Crippen LogP contribution in [0.3, 0.4) is 0 Å². The summed E-state index contributed by atoms with van der Waals surface area (Å²) in [6, 6.07) is 0. The van der Waals surface area contributed by atoms with E-state index in [1.165, 1.54) is 0 Å². The number of methoxy groups -OCH3 is 1. The Morgan fingerprint density at radius 1 is 1.29 bits per heavy atom. The Bertz CT molecular complexity index is 1130. The summed E-state index contributed by atoms with van der Waals surface area (Å²) in [5.74, 6) is -2.61. The molecule has 2 unspecified atom stereocenters. The SMILES string of the molecule is COC(C)(OP(=O)(O)OP(=O)(O)O)[C@H]1O[C@@H](n2cnc3c(=O)[nH]c(N)nc32)[C@H](O)[C@@H]1O. The van der Waals surface area contributed by atoms with E-state index in [-0.39, 0.29) is 17.1 Å². The van der Waals surface area contributed by atoms with E-state index in [2.05, 4.69) is 19.3 Å². The van der Waals surface area contributed by atoms with Gasteiger partial charge in [-0.1, -0.05) is 0 Å². The Morgan fingerprint density at radius 2 is 1.94 bits per heavy atom. The van der Waals surface area contributed by atoms with Gasteiger partial charge in [0.05, 0.1) is 6.33 Å². The minimum atomic E-state index is -5.44. The number of nitrogens with zero attached hydrogens (tertiary/aromatic N) is 3. The highest BCUT2D eigenvalue weighted by molar-refractivity contribution is 7.60. The summed E-state index contributed by atoms with van der Waals surface area (Å²) < 4.78 is 42.9. The molecule has 1 aliphatic heterocycles. The van der Waals surface area contributed by atoms with E-state index in [9.17, 15) is 29.0 Å². The molecule has 0 amide bonds. The first-order chi connectivity index (χ1) is 14.2. The van der Waals surface area contributed by atoms with Gasteiger partial charge in [-0.2, -0.15) is 9.29 Å². The fourth-order valence-corrected chi connectivity index (χ4v) is 4.88. The van der Waals surface area contributed by atoms with Crippen LogP contribution in [0.5, 0.6) is 0 Å². The molecule has 0 radical (unpaired) electrons. The summed E-state index contributed by atoms with van der Waals surface area (Å²) in [5.41, 5.74) is 4.59. The number of imidazole rings is 1. The molecule has 1 aliphatic rings. The fraction of sp³-hybridized carbons (Fsp3) is 0.583. The van der Waals surface area contributed by atoms with Gasteiger partial charge in [0.1, 0.15) is 18.3 Å². The molecule has 3 heterocycles. The first kappa shape index (κ1) is 23.9. The Kier molecular flexibility index (Phi) is 6.16. The van der Waals surface area contributed by atoms with Gasteiger partial charge in [0, 0.05) is 7.11 Å². The Labute approximate surface area is 172 Å². The Morgan fingerprint density at radius 3 is 2.52 bits per heavy atom. The molecular weight excluding hydrogens is 468 g/mol. The average molecular weight is 487 g/mol. The van der Waals surface area contributed by atoms with Gasteiger partial charge in [0.25, 0.3) is 5.56 Å². The van der Waals surface area contributed by atoms with Crippen molar-refractivity contribution in [2.45, 2.75) is 37.3 Å². The predicted molar refractivity (Wildman–Crippen MR) is 97.9 cm³/mol. The molecule has 2 aromatic rings. The smallest absolute Gasteiger partial charge is 0.387 e. The number of aliphatic hydroxyl groups excluding tert-OH is 2. The van der Waals surface area contributed by atoms with Crippen LogP contribution in [0.2, 0.25) is 0 Å². The molecule has 31 heavy (non-hydrogen) atoms. The summed E-state index contributed by atoms with van der Waals surface area (Å²) in [6.07, 6.45) is -5.60. The molecule has 0 bridgehead atoms. The lowest BCUT2D eigenvalue weighted by Gasteiger charge is -2.35. The number of hydrogen-bond donors (Lipinski definition) is 7. The highest BCUT2D eigenvalue weighted by Crippen LogP contribution is 2.60. The lowest BCUT2D eigenvalue weighted by Crippen LogP contribution is -2.50. The van der Waals surface area contributed by atoms with E-state index in [4.69, 9.17) is 29.5 Å². The highest BCUT2D eigenvalue weighted by Gasteiger charge is 2.56. The third-order valence-corrected chi connectivity index (χ3v) is 6.66. The zero-order valence-corrected chi connectivity index (χ0v) is 17.6. The van der Waals surface area contributed by atoms with Gasteiger partial charge in [0.15, 0.2) is 17.4 Å². The molecule has 0 spiro atoms. The van der Waals surface area contributed by atoms with Gasteiger partial charge >= 0.3 is 15.6 Å². The van der Waals surface area contributed by atoms with E-state index >= 15 is 0 Å². The minimum Gasteiger partial charge on any atom is -0.387 e. The molecule has 0 saturated carbocycles. The van der Waals surface area contributed by atoms with Gasteiger partial charge in [-0.15, -0.1) is 0 Å². The maximum absolute atomic E-state index is 12.0.